The molecular formula is C13H16Fe. The number of fused-ring (bicyclic) bond motifs is 10. The molecule has 10 fully saturated rings. The third-order valence-corrected chi connectivity index (χ3v) is 57.6. The van der Waals surface area contributed by atoms with E-state index in [-0.39, 0.29) is 7.43 Å². The Morgan fingerprint density at radius 2 is 1.29 bits per heavy atom. The molecule has 10 aliphatic heterocycles. The third-order valence-electron chi connectivity index (χ3n) is 15.1. The summed E-state index contributed by atoms with van der Waals surface area (Å²) in [4.78, 5) is 13.3. The van der Waals surface area contributed by atoms with Crippen molar-refractivity contribution in [1.82, 2.24) is 0 Å². The predicted molar refractivity (Wildman–Crippen MR) is 53.4 cm³/mol. The normalized spacial score (nSPS) is 141. The molecule has 10 aliphatic rings. The van der Waals surface area contributed by atoms with Gasteiger partial charge in [-0.15, -0.1) is 0 Å². The van der Waals surface area contributed by atoms with Crippen LogP contribution in [0.5, 0.6) is 0 Å². The Labute approximate surface area is 74.4 Å². The molecule has 14 heavy (non-hydrogen) atoms. The molecule has 0 saturated carbocycles. The fourth-order valence-corrected chi connectivity index (χ4v) is 90.9. The van der Waals surface area contributed by atoms with Crippen molar-refractivity contribution < 1.29 is 6.51 Å². The second-order valence-corrected chi connectivity index (χ2v) is 33.5. The van der Waals surface area contributed by atoms with Gasteiger partial charge in [-0.05, 0) is 0 Å². The minimum atomic E-state index is -2.62. The number of rotatable bonds is 1. The fraction of sp³-hybridized carbons (Fsp3) is 0.846. The van der Waals surface area contributed by atoms with Gasteiger partial charge in [0.25, 0.3) is 0 Å². The first-order chi connectivity index (χ1) is 6.11. The molecule has 0 N–H and O–H groups in total. The zero-order valence-electron chi connectivity index (χ0n) is 7.33. The van der Waals surface area contributed by atoms with Gasteiger partial charge >= 0.3 is 66.8 Å². The first kappa shape index (κ1) is 5.06. The number of allylic oxidation sites excluding steroid dienone is 1. The average Bonchev–Trinajstić information content (AvgIpc) is 3.12. The van der Waals surface area contributed by atoms with Crippen LogP contribution < -0.4 is 0 Å². The van der Waals surface area contributed by atoms with Gasteiger partial charge in [0.05, 0.1) is 0 Å². The van der Waals surface area contributed by atoms with Gasteiger partial charge in [0.1, 0.15) is 0 Å². The van der Waals surface area contributed by atoms with E-state index in [2.05, 4.69) is 12.7 Å². The van der Waals surface area contributed by atoms with E-state index in [1.807, 2.05) is 0 Å². The molecule has 0 bridgehead atoms. The summed E-state index contributed by atoms with van der Waals surface area (Å²) < 4.78 is 0.999. The molecule has 0 aromatic heterocycles. The van der Waals surface area contributed by atoms with Crippen molar-refractivity contribution in [2.24, 2.45) is 0 Å². The van der Waals surface area contributed by atoms with E-state index in [4.69, 9.17) is 0 Å². The van der Waals surface area contributed by atoms with Gasteiger partial charge in [-0.2, -0.15) is 0 Å². The summed E-state index contributed by atoms with van der Waals surface area (Å²) in [5.41, 5.74) is 0. The first-order valence-electron chi connectivity index (χ1n) is 5.95. The van der Waals surface area contributed by atoms with Crippen LogP contribution in [0.25, 0.3) is 0 Å². The molecule has 10 saturated heterocycles. The van der Waals surface area contributed by atoms with Crippen LogP contribution >= 0.6 is 0 Å². The Bertz CT molecular complexity index is 794. The van der Waals surface area contributed by atoms with Crippen molar-refractivity contribution in [2.75, 3.05) is 0 Å². The summed E-state index contributed by atoms with van der Waals surface area (Å²) in [6.07, 6.45) is 2.57. The zero-order valence-corrected chi connectivity index (χ0v) is 8.44. The summed E-state index contributed by atoms with van der Waals surface area (Å²) in [6, 6.07) is 0. The van der Waals surface area contributed by atoms with Crippen molar-refractivity contribution >= 4 is 0 Å². The van der Waals surface area contributed by atoms with E-state index >= 15 is 0 Å². The number of hydrogen-bond acceptors (Lipinski definition) is 0. The molecule has 0 aromatic rings. The van der Waals surface area contributed by atoms with Gasteiger partial charge < -0.3 is 0 Å². The summed E-state index contributed by atoms with van der Waals surface area (Å²) in [7, 11) is 0. The minimum absolute atomic E-state index is 0. The van der Waals surface area contributed by atoms with Gasteiger partial charge in [0.15, 0.2) is 0 Å². The topological polar surface area (TPSA) is 0 Å². The van der Waals surface area contributed by atoms with E-state index in [0.29, 0.717) is 0 Å². The molecule has 0 radical (unpaired) electrons. The molecule has 0 nitrogen and oxygen atoms in total. The van der Waals surface area contributed by atoms with Gasteiger partial charge in [-0.3, -0.25) is 0 Å². The molecule has 1 heteroatoms. The van der Waals surface area contributed by atoms with E-state index in [0.717, 1.165) is 4.31 Å². The second kappa shape index (κ2) is 0.317. The van der Waals surface area contributed by atoms with Crippen LogP contribution in [-0.2, 0) is 6.51 Å². The summed E-state index contributed by atoms with van der Waals surface area (Å²) in [5, 5.41) is 0. The van der Waals surface area contributed by atoms with Gasteiger partial charge in [-0.25, -0.2) is 0 Å². The van der Waals surface area contributed by atoms with Crippen LogP contribution in [0.2, 0.25) is 47.7 Å². The maximum absolute atomic E-state index is 4.29. The summed E-state index contributed by atoms with van der Waals surface area (Å²) in [6.45, 7) is 1.67. The molecule has 76 valence electrons. The van der Waals surface area contributed by atoms with E-state index in [1.54, 1.807) is 0 Å². The molecule has 0 aliphatic carbocycles. The van der Waals surface area contributed by atoms with Crippen LogP contribution in [0.4, 0.5) is 0 Å². The van der Waals surface area contributed by atoms with Crippen molar-refractivity contribution in [3.05, 3.63) is 12.7 Å². The third kappa shape index (κ3) is 0.0332. The van der Waals surface area contributed by atoms with E-state index < -0.39 is 6.51 Å². The van der Waals surface area contributed by atoms with Crippen molar-refractivity contribution in [3.8, 4) is 0 Å². The van der Waals surface area contributed by atoms with Gasteiger partial charge in [-0.1, -0.05) is 7.43 Å². The van der Waals surface area contributed by atoms with Crippen LogP contribution in [-0.4, -0.2) is 0 Å². The van der Waals surface area contributed by atoms with Crippen LogP contribution in [0.1, 0.15) is 7.43 Å². The van der Waals surface area contributed by atoms with Crippen molar-refractivity contribution in [3.63, 3.8) is 0 Å². The second-order valence-electron chi connectivity index (χ2n) is 9.94. The Morgan fingerprint density at radius 1 is 0.857 bits per heavy atom. The first-order valence-corrected chi connectivity index (χ1v) is 12.2. The molecule has 10 rings (SSSR count). The maximum atomic E-state index is 4.29. The molecule has 4 unspecified atom stereocenters. The van der Waals surface area contributed by atoms with E-state index in [1.165, 1.54) is 43.3 Å². The number of hydrogen-bond donors (Lipinski definition) is 0. The van der Waals surface area contributed by atoms with Crippen LogP contribution in [0.15, 0.2) is 12.7 Å². The molecule has 0 amide bonds. The Morgan fingerprint density at radius 3 is 1.36 bits per heavy atom. The van der Waals surface area contributed by atoms with Crippen LogP contribution in [0.3, 0.4) is 0 Å². The Hall–Kier alpha value is 0.259. The quantitative estimate of drug-likeness (QED) is 0.455. The molecule has 1 spiro atoms. The Kier molecular flexibility index (Phi) is 0.115. The summed E-state index contributed by atoms with van der Waals surface area (Å²) >= 11 is 0. The molecule has 4 atom stereocenters. The molecule has 10 heterocycles. The van der Waals surface area contributed by atoms with Gasteiger partial charge in [0.2, 0.25) is 0 Å². The van der Waals surface area contributed by atoms with Crippen molar-refractivity contribution in [1.29, 1.82) is 0 Å². The SMILES string of the molecule is C.C=C[C]12[CH]3[CH]4[CH]5[CH]1[Fe]45321678[CH]2[CH]1[CH]6[CH]7[CH]28. The molecule has 0 aromatic carbocycles. The zero-order chi connectivity index (χ0) is 7.72. The van der Waals surface area contributed by atoms with Crippen molar-refractivity contribution in [2.45, 2.75) is 55.1 Å². The standard InChI is InChI=1S/C7H7.C5H5.CH4.Fe/c1-2-7-5-3-4-6-7;1-2-4-5-3-1;;/h2-6H,1H2;1-5H;1H4;. The average molecular weight is 228 g/mol. The fourth-order valence-electron chi connectivity index (χ4n) is 16.9. The molecular weight excluding hydrogens is 212 g/mol. The van der Waals surface area contributed by atoms with Gasteiger partial charge in [0, 0.05) is 0 Å². The van der Waals surface area contributed by atoms with E-state index in [9.17, 15) is 0 Å². The summed E-state index contributed by atoms with van der Waals surface area (Å²) in [5.74, 6) is 0. The Balaban J connectivity index is 0.000000484. The predicted octanol–water partition coefficient (Wildman–Crippen LogP) is 4.57. The van der Waals surface area contributed by atoms with Crippen LogP contribution in [0, 0.1) is 0 Å². The monoisotopic (exact) mass is 228 g/mol.